The minimum atomic E-state index is -3.66. The smallest absolute Gasteiger partial charge is 0.243 e. The van der Waals surface area contributed by atoms with Gasteiger partial charge < -0.3 is 10.2 Å². The van der Waals surface area contributed by atoms with Crippen LogP contribution in [0.15, 0.2) is 66.7 Å². The van der Waals surface area contributed by atoms with Crippen molar-refractivity contribution in [3.63, 3.8) is 0 Å². The van der Waals surface area contributed by atoms with E-state index in [9.17, 15) is 18.0 Å². The van der Waals surface area contributed by atoms with Crippen LogP contribution in [-0.2, 0) is 32.6 Å². The van der Waals surface area contributed by atoms with E-state index in [1.54, 1.807) is 43.3 Å². The first-order chi connectivity index (χ1) is 19.4. The van der Waals surface area contributed by atoms with Crippen LogP contribution in [0.5, 0.6) is 0 Å². The van der Waals surface area contributed by atoms with E-state index in [0.29, 0.717) is 39.3 Å². The highest BCUT2D eigenvalue weighted by Crippen LogP contribution is 2.28. The maximum atomic E-state index is 13.8. The number of rotatable bonds is 13. The zero-order chi connectivity index (χ0) is 30.2. The second kappa shape index (κ2) is 14.9. The van der Waals surface area contributed by atoms with Gasteiger partial charge in [0.25, 0.3) is 0 Å². The summed E-state index contributed by atoms with van der Waals surface area (Å²) in [7, 11) is -3.66. The summed E-state index contributed by atoms with van der Waals surface area (Å²) >= 11 is 18.7. The Labute approximate surface area is 257 Å². The molecule has 0 heterocycles. The summed E-state index contributed by atoms with van der Waals surface area (Å²) in [6, 6.07) is 18.7. The van der Waals surface area contributed by atoms with Crippen molar-refractivity contribution in [2.45, 2.75) is 45.7 Å². The van der Waals surface area contributed by atoms with Gasteiger partial charge in [-0.3, -0.25) is 13.9 Å². The Hall–Kier alpha value is -2.78. The van der Waals surface area contributed by atoms with E-state index in [0.717, 1.165) is 17.4 Å². The van der Waals surface area contributed by atoms with Gasteiger partial charge in [-0.05, 0) is 61.2 Å². The third kappa shape index (κ3) is 9.36. The molecule has 2 amide bonds. The Morgan fingerprint density at radius 2 is 1.61 bits per heavy atom. The Balaban J connectivity index is 1.91. The lowest BCUT2D eigenvalue weighted by Crippen LogP contribution is -2.50. The molecule has 0 aromatic heterocycles. The first-order valence-electron chi connectivity index (χ1n) is 13.2. The van der Waals surface area contributed by atoms with Crippen LogP contribution < -0.4 is 9.62 Å². The molecule has 0 radical (unpaired) electrons. The van der Waals surface area contributed by atoms with E-state index in [2.05, 4.69) is 5.32 Å². The Bertz CT molecular complexity index is 1470. The van der Waals surface area contributed by atoms with Crippen molar-refractivity contribution in [1.29, 1.82) is 0 Å². The number of carbonyl (C=O) groups excluding carboxylic acids is 2. The summed E-state index contributed by atoms with van der Waals surface area (Å²) in [5.41, 5.74) is 2.73. The number of sulfonamides is 1. The van der Waals surface area contributed by atoms with Gasteiger partial charge in [0.15, 0.2) is 0 Å². The van der Waals surface area contributed by atoms with Crippen LogP contribution in [0.3, 0.4) is 0 Å². The number of carbonyl (C=O) groups is 2. The van der Waals surface area contributed by atoms with Crippen molar-refractivity contribution in [1.82, 2.24) is 10.2 Å². The summed E-state index contributed by atoms with van der Waals surface area (Å²) in [6.07, 6.45) is 1.63. The van der Waals surface area contributed by atoms with Crippen LogP contribution in [-0.4, -0.2) is 50.5 Å². The molecule has 0 aliphatic rings. The predicted octanol–water partition coefficient (Wildman–Crippen LogP) is 6.28. The average molecular weight is 639 g/mol. The second-order valence-corrected chi connectivity index (χ2v) is 12.9. The van der Waals surface area contributed by atoms with Gasteiger partial charge in [0.05, 0.1) is 11.9 Å². The molecule has 1 atom stereocenters. The van der Waals surface area contributed by atoms with Crippen LogP contribution in [0.1, 0.15) is 36.5 Å². The lowest BCUT2D eigenvalue weighted by Gasteiger charge is -2.32. The van der Waals surface area contributed by atoms with Crippen molar-refractivity contribution in [2.75, 3.05) is 23.7 Å². The molecule has 7 nitrogen and oxygen atoms in total. The van der Waals surface area contributed by atoms with Gasteiger partial charge in [-0.25, -0.2) is 8.42 Å². The van der Waals surface area contributed by atoms with E-state index < -0.39 is 16.1 Å². The lowest BCUT2D eigenvalue weighted by molar-refractivity contribution is -0.141. The van der Waals surface area contributed by atoms with Crippen LogP contribution in [0.2, 0.25) is 15.1 Å². The molecule has 11 heteroatoms. The Kier molecular flexibility index (Phi) is 11.9. The van der Waals surface area contributed by atoms with Gasteiger partial charge in [0.1, 0.15) is 6.04 Å². The summed E-state index contributed by atoms with van der Waals surface area (Å²) in [5, 5.41) is 4.10. The fraction of sp³-hybridized carbons (Fsp3) is 0.333. The molecular weight excluding hydrogens is 605 g/mol. The van der Waals surface area contributed by atoms with E-state index in [1.807, 2.05) is 37.3 Å². The normalized spacial score (nSPS) is 12.0. The number of anilines is 1. The highest BCUT2D eigenvalue weighted by Gasteiger charge is 2.31. The van der Waals surface area contributed by atoms with E-state index >= 15 is 0 Å². The molecule has 3 rings (SSSR count). The largest absolute Gasteiger partial charge is 0.355 e. The monoisotopic (exact) mass is 637 g/mol. The van der Waals surface area contributed by atoms with Crippen molar-refractivity contribution in [2.24, 2.45) is 0 Å². The standard InChI is InChI=1S/C30H34Cl3N3O4S/c1-4-34-30(38)28(17-22-9-6-5-7-10-22)35(20-23-13-15-24(31)18-26(23)33)29(37)11-8-16-36(41(3,39)40)27-19-25(32)14-12-21(27)2/h5-7,9-10,12-15,18-19,28H,4,8,11,16-17,20H2,1-3H3,(H,34,38)/t28-/m0/s1. The van der Waals surface area contributed by atoms with Crippen molar-refractivity contribution < 1.29 is 18.0 Å². The zero-order valence-corrected chi connectivity index (χ0v) is 26.3. The van der Waals surface area contributed by atoms with Crippen LogP contribution in [0.25, 0.3) is 0 Å². The van der Waals surface area contributed by atoms with E-state index in [1.165, 1.54) is 9.21 Å². The fourth-order valence-electron chi connectivity index (χ4n) is 4.51. The summed E-state index contributed by atoms with van der Waals surface area (Å²) in [6.45, 7) is 4.15. The summed E-state index contributed by atoms with van der Waals surface area (Å²) in [5.74, 6) is -0.596. The van der Waals surface area contributed by atoms with Crippen LogP contribution in [0, 0.1) is 6.92 Å². The molecule has 0 spiro atoms. The molecule has 0 bridgehead atoms. The SMILES string of the molecule is CCNC(=O)[C@H](Cc1ccccc1)N(Cc1ccc(Cl)cc1Cl)C(=O)CCCN(c1cc(Cl)ccc1C)S(C)(=O)=O. The number of hydrogen-bond donors (Lipinski definition) is 1. The number of nitrogens with zero attached hydrogens (tertiary/aromatic N) is 2. The topological polar surface area (TPSA) is 86.8 Å². The van der Waals surface area contributed by atoms with E-state index in [4.69, 9.17) is 34.8 Å². The lowest BCUT2D eigenvalue weighted by atomic mass is 10.0. The first-order valence-corrected chi connectivity index (χ1v) is 16.2. The number of amides is 2. The molecule has 0 aliphatic heterocycles. The number of halogens is 3. The molecule has 3 aromatic rings. The number of hydrogen-bond acceptors (Lipinski definition) is 4. The Morgan fingerprint density at radius 3 is 2.24 bits per heavy atom. The highest BCUT2D eigenvalue weighted by atomic mass is 35.5. The molecule has 0 fully saturated rings. The second-order valence-electron chi connectivity index (χ2n) is 9.73. The van der Waals surface area contributed by atoms with Gasteiger partial charge >= 0.3 is 0 Å². The van der Waals surface area contributed by atoms with E-state index in [-0.39, 0.29) is 37.7 Å². The number of benzene rings is 3. The number of aryl methyl sites for hydroxylation is 1. The van der Waals surface area contributed by atoms with Gasteiger partial charge in [0, 0.05) is 47.5 Å². The molecule has 0 aliphatic carbocycles. The molecule has 3 aromatic carbocycles. The van der Waals surface area contributed by atoms with Crippen LogP contribution >= 0.6 is 34.8 Å². The number of nitrogens with one attached hydrogen (secondary N) is 1. The molecule has 0 saturated heterocycles. The maximum absolute atomic E-state index is 13.8. The molecule has 0 unspecified atom stereocenters. The molecule has 220 valence electrons. The van der Waals surface area contributed by atoms with Crippen molar-refractivity contribution in [3.8, 4) is 0 Å². The van der Waals surface area contributed by atoms with Gasteiger partial charge in [-0.1, -0.05) is 77.3 Å². The average Bonchev–Trinajstić information content (AvgIpc) is 2.91. The fourth-order valence-corrected chi connectivity index (χ4v) is 6.16. The minimum absolute atomic E-state index is 0.00152. The molecule has 0 saturated carbocycles. The van der Waals surface area contributed by atoms with Crippen LogP contribution in [0.4, 0.5) is 5.69 Å². The van der Waals surface area contributed by atoms with Gasteiger partial charge in [0.2, 0.25) is 21.8 Å². The zero-order valence-electron chi connectivity index (χ0n) is 23.2. The van der Waals surface area contributed by atoms with Crippen molar-refractivity contribution in [3.05, 3.63) is 98.5 Å². The quantitative estimate of drug-likeness (QED) is 0.239. The third-order valence-electron chi connectivity index (χ3n) is 6.57. The van der Waals surface area contributed by atoms with Crippen molar-refractivity contribution >= 4 is 62.3 Å². The first kappa shape index (κ1) is 32.7. The summed E-state index contributed by atoms with van der Waals surface area (Å²) in [4.78, 5) is 28.7. The third-order valence-corrected chi connectivity index (χ3v) is 8.57. The summed E-state index contributed by atoms with van der Waals surface area (Å²) < 4.78 is 26.6. The van der Waals surface area contributed by atoms with Gasteiger partial charge in [-0.2, -0.15) is 0 Å². The highest BCUT2D eigenvalue weighted by molar-refractivity contribution is 7.92. The molecular formula is C30H34Cl3N3O4S. The molecule has 1 N–H and O–H groups in total. The minimum Gasteiger partial charge on any atom is -0.355 e. The number of likely N-dealkylation sites (N-methyl/N-ethyl adjacent to an activating group) is 1. The molecule has 41 heavy (non-hydrogen) atoms. The Morgan fingerprint density at radius 1 is 0.951 bits per heavy atom. The predicted molar refractivity (Wildman–Crippen MR) is 167 cm³/mol. The van der Waals surface area contributed by atoms with Gasteiger partial charge in [-0.15, -0.1) is 0 Å². The maximum Gasteiger partial charge on any atom is 0.243 e.